The highest BCUT2D eigenvalue weighted by Crippen LogP contribution is 2.12. The topological polar surface area (TPSA) is 32.3 Å². The molecule has 0 saturated heterocycles. The summed E-state index contributed by atoms with van der Waals surface area (Å²) in [6.45, 7) is 0. The van der Waals surface area contributed by atoms with Crippen LogP contribution in [0.2, 0.25) is 0 Å². The van der Waals surface area contributed by atoms with Crippen LogP contribution in [0.5, 0.6) is 0 Å². The van der Waals surface area contributed by atoms with Gasteiger partial charge < -0.3 is 4.90 Å². The van der Waals surface area contributed by atoms with Crippen LogP contribution in [0.3, 0.4) is 0 Å². The Morgan fingerprint density at radius 2 is 1.85 bits per heavy atom. The molecule has 0 fully saturated rings. The normalized spacial score (nSPS) is 9.90. The third-order valence-corrected chi connectivity index (χ3v) is 3.80. The summed E-state index contributed by atoms with van der Waals surface area (Å²) in [5.74, 6) is -0.198. The van der Waals surface area contributed by atoms with Crippen molar-refractivity contribution in [2.75, 3.05) is 11.9 Å². The lowest BCUT2D eigenvalue weighted by atomic mass is 10.2. The minimum absolute atomic E-state index is 0.198. The molecule has 0 aromatic heterocycles. The molecule has 1 amide bonds. The Kier molecular flexibility index (Phi) is 5.08. The first-order valence-corrected chi connectivity index (χ1v) is 7.46. The zero-order chi connectivity index (χ0) is 14.5. The van der Waals surface area contributed by atoms with Gasteiger partial charge in [-0.3, -0.25) is 10.1 Å². The van der Waals surface area contributed by atoms with Crippen LogP contribution >= 0.6 is 34.8 Å². The van der Waals surface area contributed by atoms with Gasteiger partial charge in [0.15, 0.2) is 5.11 Å². The number of halogens is 1. The molecule has 0 spiro atoms. The van der Waals surface area contributed by atoms with E-state index in [1.807, 2.05) is 55.6 Å². The molecular weight excluding hydrogens is 383 g/mol. The van der Waals surface area contributed by atoms with Crippen molar-refractivity contribution < 1.29 is 4.79 Å². The van der Waals surface area contributed by atoms with E-state index in [2.05, 4.69) is 27.9 Å². The maximum atomic E-state index is 12.1. The highest BCUT2D eigenvalue weighted by atomic mass is 127. The summed E-state index contributed by atoms with van der Waals surface area (Å²) >= 11 is 7.43. The summed E-state index contributed by atoms with van der Waals surface area (Å²) in [5.41, 5.74) is 1.53. The van der Waals surface area contributed by atoms with Crippen molar-refractivity contribution in [3.05, 3.63) is 63.7 Å². The summed E-state index contributed by atoms with van der Waals surface area (Å²) in [6.07, 6.45) is 0. The standard InChI is InChI=1S/C15H13IN2OS/c1-18(13-8-3-2-4-9-13)15(20)17-14(19)11-6-5-7-12(16)10-11/h2-10H,1H3,(H,17,19,20). The van der Waals surface area contributed by atoms with Crippen LogP contribution in [0.15, 0.2) is 54.6 Å². The molecule has 0 aliphatic heterocycles. The van der Waals surface area contributed by atoms with Gasteiger partial charge in [-0.2, -0.15) is 0 Å². The van der Waals surface area contributed by atoms with Crippen molar-refractivity contribution in [3.63, 3.8) is 0 Å². The monoisotopic (exact) mass is 396 g/mol. The molecule has 102 valence electrons. The van der Waals surface area contributed by atoms with E-state index < -0.39 is 0 Å². The second-order valence-corrected chi connectivity index (χ2v) is 5.80. The van der Waals surface area contributed by atoms with E-state index in [0.29, 0.717) is 10.7 Å². The fourth-order valence-electron chi connectivity index (χ4n) is 1.65. The van der Waals surface area contributed by atoms with Crippen molar-refractivity contribution >= 4 is 51.5 Å². The molecule has 0 heterocycles. The minimum atomic E-state index is -0.198. The number of hydrogen-bond acceptors (Lipinski definition) is 2. The molecule has 0 aliphatic rings. The average Bonchev–Trinajstić information content (AvgIpc) is 2.47. The molecule has 0 unspecified atom stereocenters. The molecule has 20 heavy (non-hydrogen) atoms. The van der Waals surface area contributed by atoms with Crippen LogP contribution in [0.4, 0.5) is 5.69 Å². The molecule has 0 atom stereocenters. The van der Waals surface area contributed by atoms with Gasteiger partial charge in [-0.1, -0.05) is 24.3 Å². The molecule has 2 aromatic carbocycles. The predicted octanol–water partition coefficient (Wildman–Crippen LogP) is 3.44. The van der Waals surface area contributed by atoms with E-state index in [1.54, 1.807) is 11.0 Å². The van der Waals surface area contributed by atoms with Gasteiger partial charge in [0.1, 0.15) is 0 Å². The zero-order valence-electron chi connectivity index (χ0n) is 10.8. The predicted molar refractivity (Wildman–Crippen MR) is 94.1 cm³/mol. The number of carbonyl (C=O) groups excluding carboxylic acids is 1. The van der Waals surface area contributed by atoms with Gasteiger partial charge in [0.05, 0.1) is 0 Å². The number of nitrogens with one attached hydrogen (secondary N) is 1. The van der Waals surface area contributed by atoms with E-state index >= 15 is 0 Å². The summed E-state index contributed by atoms with van der Waals surface area (Å²) in [4.78, 5) is 13.9. The highest BCUT2D eigenvalue weighted by molar-refractivity contribution is 14.1. The first-order chi connectivity index (χ1) is 9.58. The molecule has 2 rings (SSSR count). The Balaban J connectivity index is 2.06. The maximum absolute atomic E-state index is 12.1. The Labute approximate surface area is 137 Å². The highest BCUT2D eigenvalue weighted by Gasteiger charge is 2.12. The number of thiocarbonyl (C=S) groups is 1. The van der Waals surface area contributed by atoms with Gasteiger partial charge in [0.2, 0.25) is 0 Å². The molecule has 5 heteroatoms. The van der Waals surface area contributed by atoms with E-state index in [0.717, 1.165) is 9.26 Å². The molecule has 2 aromatic rings. The van der Waals surface area contributed by atoms with Gasteiger partial charge in [0.25, 0.3) is 5.91 Å². The number of rotatable bonds is 2. The van der Waals surface area contributed by atoms with Crippen LogP contribution < -0.4 is 10.2 Å². The molecule has 0 saturated carbocycles. The zero-order valence-corrected chi connectivity index (χ0v) is 13.8. The largest absolute Gasteiger partial charge is 0.322 e. The summed E-state index contributed by atoms with van der Waals surface area (Å²) in [6, 6.07) is 17.0. The van der Waals surface area contributed by atoms with Gasteiger partial charge in [-0.15, -0.1) is 0 Å². The van der Waals surface area contributed by atoms with Crippen molar-refractivity contribution in [1.82, 2.24) is 5.32 Å². The van der Waals surface area contributed by atoms with Crippen LogP contribution in [-0.4, -0.2) is 18.1 Å². The Morgan fingerprint density at radius 3 is 2.50 bits per heavy atom. The van der Waals surface area contributed by atoms with Gasteiger partial charge in [-0.05, 0) is 65.1 Å². The summed E-state index contributed by atoms with van der Waals surface area (Å²) in [7, 11) is 1.83. The summed E-state index contributed by atoms with van der Waals surface area (Å²) < 4.78 is 1.01. The second kappa shape index (κ2) is 6.81. The van der Waals surface area contributed by atoms with Crippen molar-refractivity contribution in [1.29, 1.82) is 0 Å². The number of nitrogens with zero attached hydrogens (tertiary/aromatic N) is 1. The number of hydrogen-bond donors (Lipinski definition) is 1. The van der Waals surface area contributed by atoms with E-state index in [4.69, 9.17) is 12.2 Å². The van der Waals surface area contributed by atoms with Gasteiger partial charge in [-0.25, -0.2) is 0 Å². The van der Waals surface area contributed by atoms with Crippen LogP contribution in [0.25, 0.3) is 0 Å². The number of amides is 1. The third kappa shape index (κ3) is 3.77. The second-order valence-electron chi connectivity index (χ2n) is 4.16. The Morgan fingerprint density at radius 1 is 1.15 bits per heavy atom. The lowest BCUT2D eigenvalue weighted by Gasteiger charge is -2.20. The molecule has 1 N–H and O–H groups in total. The fraction of sp³-hybridized carbons (Fsp3) is 0.0667. The molecule has 0 aliphatic carbocycles. The van der Waals surface area contributed by atoms with Crippen molar-refractivity contribution in [2.45, 2.75) is 0 Å². The molecule has 0 radical (unpaired) electrons. The average molecular weight is 396 g/mol. The maximum Gasteiger partial charge on any atom is 0.257 e. The van der Waals surface area contributed by atoms with Crippen LogP contribution in [0, 0.1) is 3.57 Å². The first-order valence-electron chi connectivity index (χ1n) is 5.97. The lowest BCUT2D eigenvalue weighted by Crippen LogP contribution is -2.40. The van der Waals surface area contributed by atoms with Crippen molar-refractivity contribution in [2.24, 2.45) is 0 Å². The number of para-hydroxylation sites is 1. The smallest absolute Gasteiger partial charge is 0.257 e. The van der Waals surface area contributed by atoms with E-state index in [-0.39, 0.29) is 5.91 Å². The van der Waals surface area contributed by atoms with Gasteiger partial charge in [0, 0.05) is 21.9 Å². The Hall–Kier alpha value is -1.47. The molecule has 3 nitrogen and oxygen atoms in total. The van der Waals surface area contributed by atoms with Crippen LogP contribution in [0.1, 0.15) is 10.4 Å². The lowest BCUT2D eigenvalue weighted by molar-refractivity contribution is 0.0977. The minimum Gasteiger partial charge on any atom is -0.322 e. The number of anilines is 1. The quantitative estimate of drug-likeness (QED) is 0.624. The van der Waals surface area contributed by atoms with Gasteiger partial charge >= 0.3 is 0 Å². The van der Waals surface area contributed by atoms with Crippen LogP contribution in [-0.2, 0) is 0 Å². The Bertz CT molecular complexity index is 631. The molecule has 0 bridgehead atoms. The number of benzene rings is 2. The third-order valence-electron chi connectivity index (χ3n) is 2.76. The number of carbonyl (C=O) groups is 1. The fourth-order valence-corrected chi connectivity index (χ4v) is 2.39. The first kappa shape index (κ1) is 14.9. The van der Waals surface area contributed by atoms with Crippen molar-refractivity contribution in [3.8, 4) is 0 Å². The summed E-state index contributed by atoms with van der Waals surface area (Å²) in [5, 5.41) is 3.11. The van der Waals surface area contributed by atoms with E-state index in [1.165, 1.54) is 0 Å². The van der Waals surface area contributed by atoms with E-state index in [9.17, 15) is 4.79 Å². The molecular formula is C15H13IN2OS. The SMILES string of the molecule is CN(C(=S)NC(=O)c1cccc(I)c1)c1ccccc1.